The van der Waals surface area contributed by atoms with E-state index in [1.807, 2.05) is 60.7 Å². The van der Waals surface area contributed by atoms with Crippen molar-refractivity contribution < 1.29 is 14.3 Å². The van der Waals surface area contributed by atoms with Gasteiger partial charge < -0.3 is 9.53 Å². The van der Waals surface area contributed by atoms with E-state index in [0.29, 0.717) is 18.4 Å². The zero-order chi connectivity index (χ0) is 22.7. The fourth-order valence-corrected chi connectivity index (χ4v) is 5.96. The first-order valence-corrected chi connectivity index (χ1v) is 14.5. The van der Waals surface area contributed by atoms with E-state index in [1.165, 1.54) is 0 Å². The van der Waals surface area contributed by atoms with Crippen molar-refractivity contribution in [2.45, 2.75) is 88.6 Å². The first-order chi connectivity index (χ1) is 14.6. The van der Waals surface area contributed by atoms with Crippen molar-refractivity contribution in [3.05, 3.63) is 71.8 Å². The van der Waals surface area contributed by atoms with Crippen molar-refractivity contribution in [2.24, 2.45) is 0 Å². The van der Waals surface area contributed by atoms with E-state index >= 15 is 0 Å². The lowest BCUT2D eigenvalue weighted by Crippen LogP contribution is -2.49. The lowest BCUT2D eigenvalue weighted by Gasteiger charge is -2.43. The number of hydrogen-bond donors (Lipinski definition) is 1. The van der Waals surface area contributed by atoms with Crippen molar-refractivity contribution in [1.29, 1.82) is 0 Å². The zero-order valence-corrected chi connectivity index (χ0v) is 20.7. The Morgan fingerprint density at radius 3 is 2.13 bits per heavy atom. The highest BCUT2D eigenvalue weighted by molar-refractivity contribution is 6.74. The lowest BCUT2D eigenvalue weighted by molar-refractivity contribution is 0.0291. The zero-order valence-electron chi connectivity index (χ0n) is 19.7. The molecule has 0 aromatic heterocycles. The van der Waals surface area contributed by atoms with Gasteiger partial charge in [0, 0.05) is 11.7 Å². The SMILES string of the molecule is CC(C)(C)[Si](C)(C)OC1CCCC(C(=O)c2ccccc2)(c2ccccc2)[C@H](O)CC1. The van der Waals surface area contributed by atoms with Gasteiger partial charge in [0.1, 0.15) is 0 Å². The van der Waals surface area contributed by atoms with Gasteiger partial charge in [0.15, 0.2) is 14.1 Å². The molecule has 168 valence electrons. The summed E-state index contributed by atoms with van der Waals surface area (Å²) in [5, 5.41) is 11.7. The Hall–Kier alpha value is -1.75. The van der Waals surface area contributed by atoms with Gasteiger partial charge in [-0.25, -0.2) is 0 Å². The molecular weight excluding hydrogens is 400 g/mol. The topological polar surface area (TPSA) is 46.5 Å². The summed E-state index contributed by atoms with van der Waals surface area (Å²) in [6, 6.07) is 19.3. The van der Waals surface area contributed by atoms with Crippen LogP contribution >= 0.6 is 0 Å². The molecule has 0 radical (unpaired) electrons. The van der Waals surface area contributed by atoms with Crippen LogP contribution in [0.2, 0.25) is 18.1 Å². The van der Waals surface area contributed by atoms with Crippen molar-refractivity contribution in [3.8, 4) is 0 Å². The number of benzene rings is 2. The van der Waals surface area contributed by atoms with E-state index in [9.17, 15) is 9.90 Å². The van der Waals surface area contributed by atoms with Gasteiger partial charge in [-0.3, -0.25) is 4.79 Å². The molecule has 0 aliphatic heterocycles. The Morgan fingerprint density at radius 1 is 0.968 bits per heavy atom. The number of carbonyl (C=O) groups excluding carboxylic acids is 1. The first-order valence-electron chi connectivity index (χ1n) is 11.6. The standard InChI is InChI=1S/C27H38O3Si/c1-26(2,3)31(4,5)30-23-17-12-20-27(24(28)19-18-23,22-15-10-7-11-16-22)25(29)21-13-8-6-9-14-21/h6-11,13-16,23-24,28H,12,17-20H2,1-5H3/t23?,24-,27?/m1/s1. The Kier molecular flexibility index (Phi) is 7.24. The molecule has 0 spiro atoms. The summed E-state index contributed by atoms with van der Waals surface area (Å²) in [5.41, 5.74) is 0.671. The minimum Gasteiger partial charge on any atom is -0.414 e. The third-order valence-corrected chi connectivity index (χ3v) is 12.0. The number of rotatable bonds is 5. The molecule has 1 aliphatic carbocycles. The molecule has 1 saturated carbocycles. The molecule has 31 heavy (non-hydrogen) atoms. The Labute approximate surface area is 189 Å². The molecule has 3 nitrogen and oxygen atoms in total. The monoisotopic (exact) mass is 438 g/mol. The van der Waals surface area contributed by atoms with Gasteiger partial charge in [0.25, 0.3) is 0 Å². The highest BCUT2D eigenvalue weighted by Gasteiger charge is 2.48. The fraction of sp³-hybridized carbons (Fsp3) is 0.519. The second kappa shape index (κ2) is 9.39. The van der Waals surface area contributed by atoms with Crippen LogP contribution in [0.25, 0.3) is 0 Å². The molecule has 0 amide bonds. The summed E-state index contributed by atoms with van der Waals surface area (Å²) < 4.78 is 6.69. The molecule has 3 atom stereocenters. The molecule has 1 fully saturated rings. The third-order valence-electron chi connectivity index (χ3n) is 7.43. The average molecular weight is 439 g/mol. The normalized spacial score (nSPS) is 25.5. The van der Waals surface area contributed by atoms with Crippen LogP contribution in [0.4, 0.5) is 0 Å². The van der Waals surface area contributed by atoms with E-state index in [4.69, 9.17) is 4.43 Å². The maximum atomic E-state index is 13.9. The minimum absolute atomic E-state index is 0.0237. The molecule has 2 unspecified atom stereocenters. The van der Waals surface area contributed by atoms with Crippen molar-refractivity contribution in [3.63, 3.8) is 0 Å². The van der Waals surface area contributed by atoms with Gasteiger partial charge in [-0.05, 0) is 55.8 Å². The summed E-state index contributed by atoms with van der Waals surface area (Å²) in [4.78, 5) is 13.9. The number of ketones is 1. The molecule has 0 saturated heterocycles. The second-order valence-electron chi connectivity index (χ2n) is 10.5. The summed E-state index contributed by atoms with van der Waals surface area (Å²) in [6.07, 6.45) is 3.16. The molecule has 4 heteroatoms. The quantitative estimate of drug-likeness (QED) is 0.427. The summed E-state index contributed by atoms with van der Waals surface area (Å²) in [7, 11) is -1.88. The highest BCUT2D eigenvalue weighted by Crippen LogP contribution is 2.43. The predicted molar refractivity (Wildman–Crippen MR) is 130 cm³/mol. The third kappa shape index (κ3) is 5.02. The van der Waals surface area contributed by atoms with Crippen molar-refractivity contribution in [1.82, 2.24) is 0 Å². The molecule has 2 aromatic rings. The molecule has 3 rings (SSSR count). The highest BCUT2D eigenvalue weighted by atomic mass is 28.4. The molecular formula is C27H38O3Si. The number of Topliss-reactive ketones (excluding diaryl/α,β-unsaturated/α-hetero) is 1. The number of hydrogen-bond acceptors (Lipinski definition) is 3. The van der Waals surface area contributed by atoms with Gasteiger partial charge >= 0.3 is 0 Å². The molecule has 2 aromatic carbocycles. The van der Waals surface area contributed by atoms with E-state index in [0.717, 1.165) is 24.8 Å². The van der Waals surface area contributed by atoms with Crippen LogP contribution in [0.5, 0.6) is 0 Å². The van der Waals surface area contributed by atoms with Gasteiger partial charge in [0.05, 0.1) is 11.5 Å². The second-order valence-corrected chi connectivity index (χ2v) is 15.3. The maximum absolute atomic E-state index is 13.9. The van der Waals surface area contributed by atoms with E-state index in [1.54, 1.807) is 0 Å². The van der Waals surface area contributed by atoms with Crippen LogP contribution < -0.4 is 0 Å². The maximum Gasteiger partial charge on any atom is 0.192 e. The van der Waals surface area contributed by atoms with Gasteiger partial charge in [-0.2, -0.15) is 0 Å². The largest absolute Gasteiger partial charge is 0.414 e. The van der Waals surface area contributed by atoms with Gasteiger partial charge in [-0.1, -0.05) is 81.4 Å². The summed E-state index contributed by atoms with van der Waals surface area (Å²) in [6.45, 7) is 11.4. The van der Waals surface area contributed by atoms with Gasteiger partial charge in [0.2, 0.25) is 0 Å². The minimum atomic E-state index is -1.88. The molecule has 1 aliphatic rings. The van der Waals surface area contributed by atoms with Crippen LogP contribution in [0.3, 0.4) is 0 Å². The van der Waals surface area contributed by atoms with Crippen molar-refractivity contribution >= 4 is 14.1 Å². The number of aliphatic hydroxyl groups excluding tert-OH is 1. The molecule has 0 bridgehead atoms. The number of aliphatic hydroxyl groups is 1. The van der Waals surface area contributed by atoms with Crippen LogP contribution in [0.1, 0.15) is 68.8 Å². The summed E-state index contributed by atoms with van der Waals surface area (Å²) >= 11 is 0. The van der Waals surface area contributed by atoms with E-state index in [2.05, 4.69) is 33.9 Å². The predicted octanol–water partition coefficient (Wildman–Crippen LogP) is 6.52. The van der Waals surface area contributed by atoms with E-state index in [-0.39, 0.29) is 16.9 Å². The van der Waals surface area contributed by atoms with Crippen molar-refractivity contribution in [2.75, 3.05) is 0 Å². The Balaban J connectivity index is 1.90. The van der Waals surface area contributed by atoms with Crippen LogP contribution in [-0.4, -0.2) is 31.4 Å². The summed E-state index contributed by atoms with van der Waals surface area (Å²) in [5.74, 6) is 0.0237. The van der Waals surface area contributed by atoms with E-state index < -0.39 is 19.8 Å². The number of carbonyl (C=O) groups is 1. The first kappa shape index (κ1) is 23.9. The van der Waals surface area contributed by atoms with Crippen LogP contribution in [-0.2, 0) is 9.84 Å². The smallest absolute Gasteiger partial charge is 0.192 e. The Morgan fingerprint density at radius 2 is 1.55 bits per heavy atom. The van der Waals surface area contributed by atoms with Crippen LogP contribution in [0.15, 0.2) is 60.7 Å². The molecule has 1 N–H and O–H groups in total. The lowest BCUT2D eigenvalue weighted by atomic mass is 9.65. The fourth-order valence-electron chi connectivity index (χ4n) is 4.54. The average Bonchev–Trinajstić information content (AvgIpc) is 2.73. The van der Waals surface area contributed by atoms with Gasteiger partial charge in [-0.15, -0.1) is 0 Å². The Bertz CT molecular complexity index is 857. The molecule has 0 heterocycles. The van der Waals surface area contributed by atoms with Crippen LogP contribution in [0, 0.1) is 0 Å².